The molecule has 0 atom stereocenters. The molecule has 13 heavy (non-hydrogen) atoms. The summed E-state index contributed by atoms with van der Waals surface area (Å²) in [4.78, 5) is 8.23. The summed E-state index contributed by atoms with van der Waals surface area (Å²) >= 11 is 7.25. The van der Waals surface area contributed by atoms with Crippen molar-refractivity contribution in [3.05, 3.63) is 11.2 Å². The van der Waals surface area contributed by atoms with Gasteiger partial charge in [-0.25, -0.2) is 15.0 Å². The standard InChI is InChI=1S/C7H11ClN4S/c1-12(2)11-6-4-5(8)9-7(10-6)13-3/h4H,1-3H3,(H,9,10,11). The van der Waals surface area contributed by atoms with Gasteiger partial charge in [0, 0.05) is 20.2 Å². The summed E-state index contributed by atoms with van der Waals surface area (Å²) in [5, 5.41) is 2.91. The maximum absolute atomic E-state index is 5.79. The second-order valence-corrected chi connectivity index (χ2v) is 3.73. The second-order valence-electron chi connectivity index (χ2n) is 2.57. The van der Waals surface area contributed by atoms with Gasteiger partial charge >= 0.3 is 0 Å². The van der Waals surface area contributed by atoms with E-state index in [2.05, 4.69) is 15.4 Å². The minimum atomic E-state index is 0.448. The number of nitrogens with zero attached hydrogens (tertiary/aromatic N) is 3. The van der Waals surface area contributed by atoms with Gasteiger partial charge in [0.15, 0.2) is 5.16 Å². The Morgan fingerprint density at radius 1 is 1.46 bits per heavy atom. The van der Waals surface area contributed by atoms with Gasteiger partial charge < -0.3 is 5.43 Å². The summed E-state index contributed by atoms with van der Waals surface area (Å²) in [6.07, 6.45) is 1.91. The second kappa shape index (κ2) is 4.64. The van der Waals surface area contributed by atoms with E-state index in [1.165, 1.54) is 11.8 Å². The molecule has 0 saturated carbocycles. The number of rotatable bonds is 3. The molecule has 0 saturated heterocycles. The molecule has 0 radical (unpaired) electrons. The SMILES string of the molecule is CSc1nc(Cl)cc(NN(C)C)n1. The molecule has 0 aliphatic carbocycles. The van der Waals surface area contributed by atoms with Crippen LogP contribution in [0.4, 0.5) is 5.82 Å². The van der Waals surface area contributed by atoms with Crippen molar-refractivity contribution in [2.75, 3.05) is 25.8 Å². The molecule has 0 aromatic carbocycles. The maximum Gasteiger partial charge on any atom is 0.190 e. The van der Waals surface area contributed by atoms with Gasteiger partial charge in [-0.05, 0) is 6.26 Å². The zero-order chi connectivity index (χ0) is 9.84. The lowest BCUT2D eigenvalue weighted by molar-refractivity contribution is 0.491. The topological polar surface area (TPSA) is 41.1 Å². The predicted molar refractivity (Wildman–Crippen MR) is 56.1 cm³/mol. The molecule has 0 aliphatic rings. The molecule has 72 valence electrons. The van der Waals surface area contributed by atoms with Gasteiger partial charge in [-0.1, -0.05) is 23.4 Å². The van der Waals surface area contributed by atoms with Crippen molar-refractivity contribution in [1.82, 2.24) is 15.0 Å². The Morgan fingerprint density at radius 2 is 2.15 bits per heavy atom. The van der Waals surface area contributed by atoms with Gasteiger partial charge in [0.1, 0.15) is 11.0 Å². The number of halogens is 1. The highest BCUT2D eigenvalue weighted by molar-refractivity contribution is 7.98. The number of hydrogen-bond donors (Lipinski definition) is 1. The fraction of sp³-hybridized carbons (Fsp3) is 0.429. The summed E-state index contributed by atoms with van der Waals surface area (Å²) in [6, 6.07) is 1.68. The van der Waals surface area contributed by atoms with Crippen LogP contribution in [0.25, 0.3) is 0 Å². The van der Waals surface area contributed by atoms with Crippen LogP contribution in [-0.2, 0) is 0 Å². The van der Waals surface area contributed by atoms with Crippen LogP contribution in [0.1, 0.15) is 0 Å². The van der Waals surface area contributed by atoms with Crippen LogP contribution in [0.3, 0.4) is 0 Å². The zero-order valence-electron chi connectivity index (χ0n) is 7.71. The fourth-order valence-electron chi connectivity index (χ4n) is 0.774. The largest absolute Gasteiger partial charge is 0.303 e. The molecular weight excluding hydrogens is 208 g/mol. The van der Waals surface area contributed by atoms with E-state index in [9.17, 15) is 0 Å². The molecule has 1 rings (SSSR count). The van der Waals surface area contributed by atoms with E-state index in [-0.39, 0.29) is 0 Å². The fourth-order valence-corrected chi connectivity index (χ4v) is 1.39. The lowest BCUT2D eigenvalue weighted by Gasteiger charge is -2.12. The minimum absolute atomic E-state index is 0.448. The van der Waals surface area contributed by atoms with Crippen LogP contribution in [0, 0.1) is 0 Å². The van der Waals surface area contributed by atoms with Crippen molar-refractivity contribution >= 4 is 29.2 Å². The van der Waals surface area contributed by atoms with Gasteiger partial charge in [-0.15, -0.1) is 0 Å². The molecule has 1 aromatic rings. The lowest BCUT2D eigenvalue weighted by Crippen LogP contribution is -2.20. The Labute approximate surface area is 86.7 Å². The van der Waals surface area contributed by atoms with Gasteiger partial charge in [0.05, 0.1) is 0 Å². The van der Waals surface area contributed by atoms with Gasteiger partial charge in [-0.2, -0.15) is 0 Å². The van der Waals surface area contributed by atoms with Crippen LogP contribution in [0.5, 0.6) is 0 Å². The molecule has 4 nitrogen and oxygen atoms in total. The molecule has 0 unspecified atom stereocenters. The third kappa shape index (κ3) is 3.38. The molecular formula is C7H11ClN4S. The molecule has 0 fully saturated rings. The minimum Gasteiger partial charge on any atom is -0.303 e. The van der Waals surface area contributed by atoms with E-state index in [0.29, 0.717) is 16.1 Å². The number of hydrazine groups is 1. The van der Waals surface area contributed by atoms with Crippen LogP contribution >= 0.6 is 23.4 Å². The van der Waals surface area contributed by atoms with Crippen LogP contribution < -0.4 is 5.43 Å². The molecule has 1 N–H and O–H groups in total. The summed E-state index contributed by atoms with van der Waals surface area (Å²) in [7, 11) is 3.77. The van der Waals surface area contributed by atoms with Crippen molar-refractivity contribution in [1.29, 1.82) is 0 Å². The lowest BCUT2D eigenvalue weighted by atomic mass is 10.6. The van der Waals surface area contributed by atoms with E-state index in [0.717, 1.165) is 0 Å². The first kappa shape index (κ1) is 10.6. The van der Waals surface area contributed by atoms with E-state index in [1.54, 1.807) is 11.1 Å². The normalized spacial score (nSPS) is 10.5. The molecule has 0 aliphatic heterocycles. The van der Waals surface area contributed by atoms with Crippen molar-refractivity contribution in [2.45, 2.75) is 5.16 Å². The first-order chi connectivity index (χ1) is 6.11. The number of nitrogens with one attached hydrogen (secondary N) is 1. The van der Waals surface area contributed by atoms with Crippen LogP contribution in [0.2, 0.25) is 5.15 Å². The number of anilines is 1. The van der Waals surface area contributed by atoms with E-state index in [4.69, 9.17) is 11.6 Å². The monoisotopic (exact) mass is 218 g/mol. The van der Waals surface area contributed by atoms with Crippen molar-refractivity contribution < 1.29 is 0 Å². The quantitative estimate of drug-likeness (QED) is 0.362. The van der Waals surface area contributed by atoms with Gasteiger partial charge in [0.25, 0.3) is 0 Å². The van der Waals surface area contributed by atoms with E-state index >= 15 is 0 Å². The molecule has 0 amide bonds. The van der Waals surface area contributed by atoms with Crippen molar-refractivity contribution in [3.63, 3.8) is 0 Å². The third-order valence-corrected chi connectivity index (χ3v) is 1.94. The molecule has 1 heterocycles. The Balaban J connectivity index is 2.88. The highest BCUT2D eigenvalue weighted by Gasteiger charge is 2.01. The summed E-state index contributed by atoms with van der Waals surface area (Å²) in [5.74, 6) is 0.703. The van der Waals surface area contributed by atoms with Crippen molar-refractivity contribution in [2.24, 2.45) is 0 Å². The zero-order valence-corrected chi connectivity index (χ0v) is 9.28. The summed E-state index contributed by atoms with van der Waals surface area (Å²) in [6.45, 7) is 0. The van der Waals surface area contributed by atoms with Crippen molar-refractivity contribution in [3.8, 4) is 0 Å². The molecule has 0 bridgehead atoms. The first-order valence-electron chi connectivity index (χ1n) is 3.64. The highest BCUT2D eigenvalue weighted by Crippen LogP contribution is 2.16. The third-order valence-electron chi connectivity index (χ3n) is 1.20. The molecule has 1 aromatic heterocycles. The summed E-state index contributed by atoms with van der Waals surface area (Å²) in [5.41, 5.74) is 3.00. The molecule has 6 heteroatoms. The number of hydrogen-bond acceptors (Lipinski definition) is 5. The highest BCUT2D eigenvalue weighted by atomic mass is 35.5. The molecule has 0 spiro atoms. The summed E-state index contributed by atoms with van der Waals surface area (Å²) < 4.78 is 0. The Kier molecular flexibility index (Phi) is 3.77. The Hall–Kier alpha value is -0.520. The Morgan fingerprint density at radius 3 is 2.69 bits per heavy atom. The smallest absolute Gasteiger partial charge is 0.190 e. The number of thioether (sulfide) groups is 1. The van der Waals surface area contributed by atoms with Gasteiger partial charge in [-0.3, -0.25) is 0 Å². The van der Waals surface area contributed by atoms with Crippen LogP contribution in [-0.4, -0.2) is 35.3 Å². The van der Waals surface area contributed by atoms with Crippen LogP contribution in [0.15, 0.2) is 11.2 Å². The first-order valence-corrected chi connectivity index (χ1v) is 5.24. The van der Waals surface area contributed by atoms with E-state index < -0.39 is 0 Å². The van der Waals surface area contributed by atoms with E-state index in [1.807, 2.05) is 20.4 Å². The number of aromatic nitrogens is 2. The average molecular weight is 219 g/mol. The Bertz CT molecular complexity index is 292. The van der Waals surface area contributed by atoms with Gasteiger partial charge in [0.2, 0.25) is 0 Å². The average Bonchev–Trinajstić information content (AvgIpc) is 2.01. The predicted octanol–water partition coefficient (Wildman–Crippen LogP) is 1.74. The maximum atomic E-state index is 5.79.